The molecule has 4 atom stereocenters. The number of hydrogen-bond donors (Lipinski definition) is 3. The van der Waals surface area contributed by atoms with Gasteiger partial charge in [-0.15, -0.1) is 0 Å². The Balaban J connectivity index is 2.54. The first-order valence-corrected chi connectivity index (χ1v) is 14.1. The van der Waals surface area contributed by atoms with E-state index in [1.807, 2.05) is 20.8 Å². The van der Waals surface area contributed by atoms with Crippen molar-refractivity contribution in [3.63, 3.8) is 0 Å². The molecule has 1 fully saturated rings. The van der Waals surface area contributed by atoms with Gasteiger partial charge in [-0.25, -0.2) is 4.98 Å². The molecule has 0 unspecified atom stereocenters. The third kappa shape index (κ3) is 9.23. The van der Waals surface area contributed by atoms with Crippen LogP contribution in [0, 0.1) is 28.6 Å². The number of amides is 1. The van der Waals surface area contributed by atoms with Crippen LogP contribution in [0.3, 0.4) is 0 Å². The molecule has 230 valence electrons. The number of carboxylic acids is 1. The summed E-state index contributed by atoms with van der Waals surface area (Å²) in [7, 11) is 1.39. The van der Waals surface area contributed by atoms with Crippen molar-refractivity contribution in [3.8, 4) is 5.88 Å². The van der Waals surface area contributed by atoms with Crippen molar-refractivity contribution < 1.29 is 32.6 Å². The molecule has 3 N–H and O–H groups in total. The quantitative estimate of drug-likeness (QED) is 0.194. The fourth-order valence-corrected chi connectivity index (χ4v) is 5.73. The number of carbonyl (C=O) groups is 2. The molecule has 0 bridgehead atoms. The molecule has 1 aromatic heterocycles. The van der Waals surface area contributed by atoms with E-state index in [4.69, 9.17) is 33.3 Å². The third-order valence-corrected chi connectivity index (χ3v) is 7.85. The van der Waals surface area contributed by atoms with Gasteiger partial charge in [0.15, 0.2) is 0 Å². The molecule has 0 spiro atoms. The highest BCUT2D eigenvalue weighted by Gasteiger charge is 2.43. The molecule has 1 aromatic rings. The van der Waals surface area contributed by atoms with E-state index in [2.05, 4.69) is 10.3 Å². The van der Waals surface area contributed by atoms with E-state index in [9.17, 15) is 27.9 Å². The zero-order valence-electron chi connectivity index (χ0n) is 24.2. The van der Waals surface area contributed by atoms with Gasteiger partial charge in [-0.1, -0.05) is 57.8 Å². The lowest BCUT2D eigenvalue weighted by atomic mass is 9.78. The van der Waals surface area contributed by atoms with Crippen LogP contribution in [0.2, 0.25) is 10.0 Å². The van der Waals surface area contributed by atoms with E-state index >= 15 is 0 Å². The Labute approximate surface area is 249 Å². The van der Waals surface area contributed by atoms with Gasteiger partial charge in [-0.3, -0.25) is 9.59 Å². The van der Waals surface area contributed by atoms with Gasteiger partial charge in [-0.05, 0) is 42.6 Å². The minimum atomic E-state index is -4.92. The van der Waals surface area contributed by atoms with Gasteiger partial charge in [0, 0.05) is 37.5 Å². The minimum absolute atomic E-state index is 0.0111. The maximum absolute atomic E-state index is 14.6. The molecule has 0 aromatic carbocycles. The number of carboxylic acid groups (broad SMARTS) is 1. The lowest BCUT2D eigenvalue weighted by Crippen LogP contribution is -2.46. The van der Waals surface area contributed by atoms with Crippen molar-refractivity contribution >= 4 is 41.3 Å². The Morgan fingerprint density at radius 1 is 1.29 bits per heavy atom. The first-order valence-electron chi connectivity index (χ1n) is 13.4. The van der Waals surface area contributed by atoms with E-state index < -0.39 is 52.6 Å². The van der Waals surface area contributed by atoms with Gasteiger partial charge in [0.05, 0.1) is 23.6 Å². The van der Waals surface area contributed by atoms with Crippen LogP contribution in [0.4, 0.5) is 13.2 Å². The fraction of sp³-hybridized carbons (Fsp3) is 0.643. The predicted octanol–water partition coefficient (Wildman–Crippen LogP) is 6.40. The molecule has 0 aliphatic heterocycles. The van der Waals surface area contributed by atoms with Crippen LogP contribution in [-0.2, 0) is 16.0 Å². The molecular weight excluding hydrogens is 584 g/mol. The second-order valence-corrected chi connectivity index (χ2v) is 12.5. The number of alkyl halides is 3. The molecule has 1 heterocycles. The highest BCUT2D eigenvalue weighted by Crippen LogP contribution is 2.36. The fourth-order valence-electron chi connectivity index (χ4n) is 5.12. The zero-order valence-corrected chi connectivity index (χ0v) is 25.7. The van der Waals surface area contributed by atoms with Crippen molar-refractivity contribution in [2.24, 2.45) is 23.2 Å². The second kappa shape index (κ2) is 14.1. The van der Waals surface area contributed by atoms with Gasteiger partial charge < -0.3 is 25.5 Å². The molecule has 41 heavy (non-hydrogen) atoms. The lowest BCUT2D eigenvalue weighted by molar-refractivity contribution is -0.145. The summed E-state index contributed by atoms with van der Waals surface area (Å²) < 4.78 is 49.0. The van der Waals surface area contributed by atoms with E-state index in [0.29, 0.717) is 5.56 Å². The largest absolute Gasteiger partial charge is 0.481 e. The molecule has 13 heteroatoms. The zero-order chi connectivity index (χ0) is 31.3. The number of pyridine rings is 1. The smallest absolute Gasteiger partial charge is 0.431 e. The summed E-state index contributed by atoms with van der Waals surface area (Å²) in [6.45, 7) is 8.75. The maximum atomic E-state index is 14.6. The predicted molar refractivity (Wildman–Crippen MR) is 153 cm³/mol. The number of carbonyl (C=O) groups excluding carboxylic acids is 1. The highest BCUT2D eigenvalue weighted by molar-refractivity contribution is 6.36. The van der Waals surface area contributed by atoms with E-state index in [1.165, 1.54) is 25.1 Å². The standard InChI is InChI=1S/C28H39Cl2F3N4O4/c1-15-11-17(7-8-18(15)26(39)40)36-23(28(31,32)33)21(16(2)12-34)25(38)37(14-27(3,4)5)10-9-19-20(29)13-35-24(41-6)22(19)30/h12-13,15-18,34,36H,7-11,14H2,1-6H3,(H,39,40)/b23-21+,34-12?/t15-,16+,17+,18+/m0/s1. The number of aromatic nitrogens is 1. The number of methoxy groups -OCH3 is 1. The number of hydrogen-bond acceptors (Lipinski definition) is 6. The molecule has 1 amide bonds. The van der Waals surface area contributed by atoms with Gasteiger partial charge in [0.25, 0.3) is 5.91 Å². The number of ether oxygens (including phenoxy) is 1. The Morgan fingerprint density at radius 2 is 1.93 bits per heavy atom. The topological polar surface area (TPSA) is 116 Å². The van der Waals surface area contributed by atoms with Crippen LogP contribution in [0.5, 0.6) is 5.88 Å². The van der Waals surface area contributed by atoms with Crippen molar-refractivity contribution in [1.29, 1.82) is 5.41 Å². The van der Waals surface area contributed by atoms with Crippen LogP contribution < -0.4 is 10.1 Å². The van der Waals surface area contributed by atoms with Gasteiger partial charge in [0.1, 0.15) is 10.7 Å². The van der Waals surface area contributed by atoms with Crippen LogP contribution in [0.15, 0.2) is 17.5 Å². The van der Waals surface area contributed by atoms with Crippen molar-refractivity contribution in [1.82, 2.24) is 15.2 Å². The van der Waals surface area contributed by atoms with Crippen LogP contribution >= 0.6 is 23.2 Å². The summed E-state index contributed by atoms with van der Waals surface area (Å²) in [6, 6.07) is -0.684. The van der Waals surface area contributed by atoms with Gasteiger partial charge >= 0.3 is 12.1 Å². The highest BCUT2D eigenvalue weighted by atomic mass is 35.5. The number of rotatable bonds is 11. The molecule has 1 aliphatic rings. The number of aliphatic carboxylic acids is 1. The first kappa shape index (κ1) is 34.7. The Kier molecular flexibility index (Phi) is 11.9. The molecule has 0 saturated heterocycles. The Bertz CT molecular complexity index is 1150. The van der Waals surface area contributed by atoms with Crippen molar-refractivity contribution in [3.05, 3.63) is 33.1 Å². The second-order valence-electron chi connectivity index (χ2n) is 11.8. The average Bonchev–Trinajstić information content (AvgIpc) is 2.85. The van der Waals surface area contributed by atoms with Crippen LogP contribution in [0.25, 0.3) is 0 Å². The molecule has 0 radical (unpaired) electrons. The number of nitrogens with one attached hydrogen (secondary N) is 2. The Hall–Kier alpha value is -2.53. The van der Waals surface area contributed by atoms with Gasteiger partial charge in [-0.2, -0.15) is 13.2 Å². The normalized spacial score (nSPS) is 21.0. The van der Waals surface area contributed by atoms with E-state index in [-0.39, 0.29) is 60.6 Å². The summed E-state index contributed by atoms with van der Waals surface area (Å²) in [5, 5.41) is 20.1. The molecule has 2 rings (SSSR count). The summed E-state index contributed by atoms with van der Waals surface area (Å²) in [4.78, 5) is 30.8. The van der Waals surface area contributed by atoms with Crippen molar-refractivity contribution in [2.45, 2.75) is 72.5 Å². The third-order valence-electron chi connectivity index (χ3n) is 7.14. The Morgan fingerprint density at radius 3 is 2.41 bits per heavy atom. The van der Waals surface area contributed by atoms with Crippen LogP contribution in [-0.4, -0.2) is 65.5 Å². The average molecular weight is 624 g/mol. The number of allylic oxidation sites excluding steroid dienone is 1. The molecule has 1 saturated carbocycles. The molecule has 8 nitrogen and oxygen atoms in total. The minimum Gasteiger partial charge on any atom is -0.481 e. The SMILES string of the molecule is COc1ncc(Cl)c(CCN(CC(C)(C)C)C(=O)/C(=C(/N[C@@H]2CC[C@@H](C(=O)O)[C@@H](C)C2)C(F)(F)F)[C@H](C)C=N)c1Cl. The number of halogens is 5. The van der Waals surface area contributed by atoms with Crippen LogP contribution in [0.1, 0.15) is 59.4 Å². The summed E-state index contributed by atoms with van der Waals surface area (Å²) in [6.07, 6.45) is -2.02. The molecular formula is C28H39Cl2F3N4O4. The van der Waals surface area contributed by atoms with E-state index in [0.717, 1.165) is 6.21 Å². The van der Waals surface area contributed by atoms with E-state index in [1.54, 1.807) is 6.92 Å². The van der Waals surface area contributed by atoms with Crippen molar-refractivity contribution in [2.75, 3.05) is 20.2 Å². The summed E-state index contributed by atoms with van der Waals surface area (Å²) in [5.41, 5.74) is -1.82. The molecule has 1 aliphatic carbocycles. The lowest BCUT2D eigenvalue weighted by Gasteiger charge is -2.36. The monoisotopic (exact) mass is 622 g/mol. The maximum Gasteiger partial charge on any atom is 0.431 e. The number of nitrogens with zero attached hydrogens (tertiary/aromatic N) is 2. The summed E-state index contributed by atoms with van der Waals surface area (Å²) >= 11 is 12.7. The van der Waals surface area contributed by atoms with Gasteiger partial charge in [0.2, 0.25) is 5.88 Å². The first-order chi connectivity index (χ1) is 18.9. The summed E-state index contributed by atoms with van der Waals surface area (Å²) in [5.74, 6) is -3.85.